The molecule has 0 fully saturated rings. The maximum absolute atomic E-state index is 6.26. The van der Waals surface area contributed by atoms with Gasteiger partial charge in [-0.15, -0.1) is 0 Å². The van der Waals surface area contributed by atoms with E-state index >= 15 is 0 Å². The van der Waals surface area contributed by atoms with E-state index in [4.69, 9.17) is 10.7 Å². The Kier molecular flexibility index (Phi) is 3.06. The zero-order chi connectivity index (χ0) is 13.6. The molecule has 1 aromatic heterocycles. The van der Waals surface area contributed by atoms with Crippen LogP contribution in [0.4, 0.5) is 0 Å². The Balaban J connectivity index is 2.42. The first-order valence-corrected chi connectivity index (χ1v) is 7.26. The molecule has 0 aliphatic heterocycles. The van der Waals surface area contributed by atoms with Crippen LogP contribution in [0, 0.1) is 13.8 Å². The van der Waals surface area contributed by atoms with Gasteiger partial charge in [0.2, 0.25) is 0 Å². The maximum Gasteiger partial charge on any atom is 0.0740 e. The molecule has 19 heavy (non-hydrogen) atoms. The van der Waals surface area contributed by atoms with Gasteiger partial charge in [0.1, 0.15) is 0 Å². The van der Waals surface area contributed by atoms with E-state index in [1.54, 1.807) is 0 Å². The van der Waals surface area contributed by atoms with Gasteiger partial charge in [0.05, 0.1) is 5.52 Å². The van der Waals surface area contributed by atoms with Crippen LogP contribution < -0.4 is 5.73 Å². The number of hydrogen-bond donors (Lipinski definition) is 1. The molecule has 1 heterocycles. The fourth-order valence-electron chi connectivity index (χ4n) is 3.28. The lowest BCUT2D eigenvalue weighted by Gasteiger charge is -2.23. The fourth-order valence-corrected chi connectivity index (χ4v) is 3.28. The normalized spacial score (nSPS) is 16.4. The minimum Gasteiger partial charge on any atom is -0.324 e. The average molecular weight is 254 g/mol. The van der Waals surface area contributed by atoms with E-state index in [0.717, 1.165) is 18.4 Å². The number of hydrogen-bond acceptors (Lipinski definition) is 2. The molecular weight excluding hydrogens is 232 g/mol. The molecule has 0 spiro atoms. The number of nitrogens with zero attached hydrogens (tertiary/aromatic N) is 1. The van der Waals surface area contributed by atoms with Crippen molar-refractivity contribution in [1.29, 1.82) is 0 Å². The van der Waals surface area contributed by atoms with Gasteiger partial charge >= 0.3 is 0 Å². The predicted octanol–water partition coefficient (Wildman–Crippen LogP) is 3.75. The average Bonchev–Trinajstić information content (AvgIpc) is 2.40. The molecule has 1 aliphatic rings. The zero-order valence-corrected chi connectivity index (χ0v) is 12.1. The van der Waals surface area contributed by atoms with Crippen LogP contribution in [0.2, 0.25) is 0 Å². The predicted molar refractivity (Wildman–Crippen MR) is 80.5 cm³/mol. The molecular formula is C17H22N2. The first-order chi connectivity index (χ1) is 9.09. The highest BCUT2D eigenvalue weighted by molar-refractivity contribution is 5.87. The molecule has 0 saturated heterocycles. The van der Waals surface area contributed by atoms with Gasteiger partial charge in [-0.3, -0.25) is 4.98 Å². The molecule has 1 aromatic carbocycles. The van der Waals surface area contributed by atoms with E-state index in [2.05, 4.69) is 32.9 Å². The monoisotopic (exact) mass is 254 g/mol. The molecule has 0 amide bonds. The third-order valence-electron chi connectivity index (χ3n) is 4.46. The third kappa shape index (κ3) is 1.95. The highest BCUT2D eigenvalue weighted by Crippen LogP contribution is 2.34. The minimum atomic E-state index is 0.0828. The fraction of sp³-hybridized carbons (Fsp3) is 0.471. The van der Waals surface area contributed by atoms with Crippen LogP contribution in [-0.2, 0) is 12.8 Å². The molecule has 1 unspecified atom stereocenters. The highest BCUT2D eigenvalue weighted by Gasteiger charge is 2.20. The lowest BCUT2D eigenvalue weighted by Crippen LogP contribution is -2.16. The van der Waals surface area contributed by atoms with Gasteiger partial charge in [0, 0.05) is 17.1 Å². The number of aromatic nitrogens is 1. The SMILES string of the molecule is Cc1ccc2c(C(C)N)c3c(nc2c1C)CCCC3. The number of benzene rings is 1. The van der Waals surface area contributed by atoms with Gasteiger partial charge in [0.15, 0.2) is 0 Å². The topological polar surface area (TPSA) is 38.9 Å². The zero-order valence-electron chi connectivity index (χ0n) is 12.1. The Morgan fingerprint density at radius 1 is 1.16 bits per heavy atom. The molecule has 2 nitrogen and oxygen atoms in total. The third-order valence-corrected chi connectivity index (χ3v) is 4.46. The van der Waals surface area contributed by atoms with E-state index < -0.39 is 0 Å². The van der Waals surface area contributed by atoms with Crippen LogP contribution in [0.25, 0.3) is 10.9 Å². The summed E-state index contributed by atoms with van der Waals surface area (Å²) in [6, 6.07) is 4.48. The highest BCUT2D eigenvalue weighted by atomic mass is 14.7. The summed E-state index contributed by atoms with van der Waals surface area (Å²) in [6.45, 7) is 6.42. The van der Waals surface area contributed by atoms with Crippen molar-refractivity contribution in [2.45, 2.75) is 52.5 Å². The van der Waals surface area contributed by atoms with E-state index in [1.807, 2.05) is 0 Å². The number of aryl methyl sites for hydroxylation is 3. The van der Waals surface area contributed by atoms with Gasteiger partial charge in [-0.1, -0.05) is 12.1 Å². The minimum absolute atomic E-state index is 0.0828. The van der Waals surface area contributed by atoms with Gasteiger partial charge < -0.3 is 5.73 Å². The van der Waals surface area contributed by atoms with Gasteiger partial charge in [0.25, 0.3) is 0 Å². The first kappa shape index (κ1) is 12.6. The molecule has 0 radical (unpaired) electrons. The van der Waals surface area contributed by atoms with E-state index in [-0.39, 0.29) is 6.04 Å². The summed E-state index contributed by atoms with van der Waals surface area (Å²) in [4.78, 5) is 4.96. The molecule has 1 atom stereocenters. The number of fused-ring (bicyclic) bond motifs is 2. The largest absolute Gasteiger partial charge is 0.324 e. The molecule has 0 bridgehead atoms. The van der Waals surface area contributed by atoms with Crippen molar-refractivity contribution >= 4 is 10.9 Å². The van der Waals surface area contributed by atoms with Crippen molar-refractivity contribution in [3.63, 3.8) is 0 Å². The van der Waals surface area contributed by atoms with Crippen molar-refractivity contribution in [3.8, 4) is 0 Å². The molecule has 1 aliphatic carbocycles. The lowest BCUT2D eigenvalue weighted by atomic mass is 9.86. The Hall–Kier alpha value is -1.41. The molecule has 0 saturated carbocycles. The number of rotatable bonds is 1. The van der Waals surface area contributed by atoms with E-state index in [9.17, 15) is 0 Å². The van der Waals surface area contributed by atoms with Crippen LogP contribution in [0.5, 0.6) is 0 Å². The summed E-state index contributed by atoms with van der Waals surface area (Å²) in [5.41, 5.74) is 14.1. The first-order valence-electron chi connectivity index (χ1n) is 7.26. The molecule has 2 N–H and O–H groups in total. The van der Waals surface area contributed by atoms with Crippen molar-refractivity contribution in [3.05, 3.63) is 40.1 Å². The molecule has 3 rings (SSSR count). The molecule has 2 aromatic rings. The summed E-state index contributed by atoms with van der Waals surface area (Å²) in [5, 5.41) is 1.26. The van der Waals surface area contributed by atoms with Crippen LogP contribution >= 0.6 is 0 Å². The summed E-state index contributed by atoms with van der Waals surface area (Å²) in [6.07, 6.45) is 4.78. The molecule has 2 heteroatoms. The second-order valence-electron chi connectivity index (χ2n) is 5.85. The smallest absolute Gasteiger partial charge is 0.0740 e. The number of nitrogens with two attached hydrogens (primary N) is 1. The Morgan fingerprint density at radius 2 is 1.89 bits per heavy atom. The lowest BCUT2D eigenvalue weighted by molar-refractivity contribution is 0.655. The standard InChI is InChI=1S/C17H22N2/c1-10-8-9-14-16(12(3)18)13-6-4-5-7-15(13)19-17(14)11(10)2/h8-9,12H,4-7,18H2,1-3H3. The van der Waals surface area contributed by atoms with E-state index in [0.29, 0.717) is 0 Å². The van der Waals surface area contributed by atoms with Crippen molar-refractivity contribution in [2.24, 2.45) is 5.73 Å². The quantitative estimate of drug-likeness (QED) is 0.841. The summed E-state index contributed by atoms with van der Waals surface area (Å²) in [7, 11) is 0. The van der Waals surface area contributed by atoms with Crippen LogP contribution in [0.15, 0.2) is 12.1 Å². The van der Waals surface area contributed by atoms with Crippen LogP contribution in [0.3, 0.4) is 0 Å². The van der Waals surface area contributed by atoms with Crippen LogP contribution in [-0.4, -0.2) is 4.98 Å². The summed E-state index contributed by atoms with van der Waals surface area (Å²) in [5.74, 6) is 0. The Bertz CT molecular complexity index is 641. The van der Waals surface area contributed by atoms with Crippen LogP contribution in [0.1, 0.15) is 53.8 Å². The molecule has 100 valence electrons. The second-order valence-corrected chi connectivity index (χ2v) is 5.85. The Morgan fingerprint density at radius 3 is 2.63 bits per heavy atom. The van der Waals surface area contributed by atoms with Gasteiger partial charge in [-0.05, 0) is 68.7 Å². The summed E-state index contributed by atoms with van der Waals surface area (Å²) >= 11 is 0. The van der Waals surface area contributed by atoms with Crippen molar-refractivity contribution < 1.29 is 0 Å². The second kappa shape index (κ2) is 4.61. The number of pyridine rings is 1. The van der Waals surface area contributed by atoms with Gasteiger partial charge in [-0.25, -0.2) is 0 Å². The van der Waals surface area contributed by atoms with E-state index in [1.165, 1.54) is 46.2 Å². The van der Waals surface area contributed by atoms with Gasteiger partial charge in [-0.2, -0.15) is 0 Å². The van der Waals surface area contributed by atoms with Crippen molar-refractivity contribution in [2.75, 3.05) is 0 Å². The summed E-state index contributed by atoms with van der Waals surface area (Å²) < 4.78 is 0. The maximum atomic E-state index is 6.26. The van der Waals surface area contributed by atoms with Crippen molar-refractivity contribution in [1.82, 2.24) is 4.98 Å². The Labute approximate surface area is 115 Å².